The lowest BCUT2D eigenvalue weighted by Crippen LogP contribution is -2.34. The minimum Gasteiger partial charge on any atom is -0.494 e. The van der Waals surface area contributed by atoms with Gasteiger partial charge in [0.05, 0.1) is 12.6 Å². The molecule has 3 aromatic rings. The highest BCUT2D eigenvalue weighted by Crippen LogP contribution is 2.26. The summed E-state index contributed by atoms with van der Waals surface area (Å²) in [5.74, 6) is 1.48. The Hall–Kier alpha value is -2.79. The van der Waals surface area contributed by atoms with Crippen LogP contribution in [0.2, 0.25) is 0 Å². The predicted octanol–water partition coefficient (Wildman–Crippen LogP) is 3.86. The summed E-state index contributed by atoms with van der Waals surface area (Å²) in [6, 6.07) is 17.0. The predicted molar refractivity (Wildman–Crippen MR) is 103 cm³/mol. The molecule has 26 heavy (non-hydrogen) atoms. The molecule has 0 fully saturated rings. The zero-order valence-corrected chi connectivity index (χ0v) is 15.4. The van der Waals surface area contributed by atoms with Crippen LogP contribution in [0.25, 0.3) is 11.0 Å². The summed E-state index contributed by atoms with van der Waals surface area (Å²) in [5.41, 5.74) is 1.46. The second-order valence-corrected chi connectivity index (χ2v) is 6.33. The number of carbonyl (C=O) groups excluding carboxylic acids is 1. The number of amides is 1. The van der Waals surface area contributed by atoms with Gasteiger partial charge in [0.1, 0.15) is 17.1 Å². The van der Waals surface area contributed by atoms with Crippen LogP contribution in [0, 0.1) is 0 Å². The van der Waals surface area contributed by atoms with Crippen molar-refractivity contribution in [2.24, 2.45) is 0 Å². The maximum Gasteiger partial charge on any atom is 0.251 e. The van der Waals surface area contributed by atoms with E-state index in [0.29, 0.717) is 18.7 Å². The highest BCUT2D eigenvalue weighted by Gasteiger charge is 2.20. The summed E-state index contributed by atoms with van der Waals surface area (Å²) in [4.78, 5) is 14.5. The summed E-state index contributed by atoms with van der Waals surface area (Å²) in [7, 11) is 3.95. The molecule has 1 atom stereocenters. The lowest BCUT2D eigenvalue weighted by Gasteiger charge is -2.22. The van der Waals surface area contributed by atoms with Gasteiger partial charge in [0, 0.05) is 17.5 Å². The number of fused-ring (bicyclic) bond motifs is 1. The van der Waals surface area contributed by atoms with Crippen LogP contribution in [0.15, 0.2) is 59.0 Å². The molecule has 3 rings (SSSR count). The third-order valence-electron chi connectivity index (χ3n) is 4.28. The number of likely N-dealkylation sites (N-methyl/N-ethyl adjacent to an activating group) is 1. The van der Waals surface area contributed by atoms with E-state index in [9.17, 15) is 4.79 Å². The van der Waals surface area contributed by atoms with E-state index in [4.69, 9.17) is 9.15 Å². The molecule has 0 spiro atoms. The molecule has 0 unspecified atom stereocenters. The second kappa shape index (κ2) is 8.06. The van der Waals surface area contributed by atoms with Crippen molar-refractivity contribution < 1.29 is 13.9 Å². The Labute approximate surface area is 153 Å². The lowest BCUT2D eigenvalue weighted by atomic mass is 10.1. The number of rotatable bonds is 7. The van der Waals surface area contributed by atoms with Crippen molar-refractivity contribution in [1.82, 2.24) is 10.2 Å². The third kappa shape index (κ3) is 4.06. The quantitative estimate of drug-likeness (QED) is 0.701. The fourth-order valence-corrected chi connectivity index (χ4v) is 2.86. The maximum atomic E-state index is 12.4. The van der Waals surface area contributed by atoms with Crippen LogP contribution in [-0.4, -0.2) is 38.1 Å². The smallest absolute Gasteiger partial charge is 0.251 e. The van der Waals surface area contributed by atoms with Crippen LogP contribution in [-0.2, 0) is 0 Å². The number of nitrogens with one attached hydrogen (secondary N) is 1. The highest BCUT2D eigenvalue weighted by molar-refractivity contribution is 5.94. The summed E-state index contributed by atoms with van der Waals surface area (Å²) in [6.07, 6.45) is 0. The van der Waals surface area contributed by atoms with E-state index in [1.807, 2.05) is 56.3 Å². The molecule has 0 aliphatic heterocycles. The first-order chi connectivity index (χ1) is 12.6. The van der Waals surface area contributed by atoms with E-state index < -0.39 is 0 Å². The normalized spacial score (nSPS) is 12.3. The Kier molecular flexibility index (Phi) is 5.58. The molecule has 1 N–H and O–H groups in total. The van der Waals surface area contributed by atoms with Gasteiger partial charge in [-0.3, -0.25) is 9.69 Å². The van der Waals surface area contributed by atoms with Gasteiger partial charge in [-0.05, 0) is 57.4 Å². The van der Waals surface area contributed by atoms with Gasteiger partial charge >= 0.3 is 0 Å². The van der Waals surface area contributed by atoms with E-state index >= 15 is 0 Å². The second-order valence-electron chi connectivity index (χ2n) is 6.33. The van der Waals surface area contributed by atoms with Crippen molar-refractivity contribution in [2.45, 2.75) is 13.0 Å². The van der Waals surface area contributed by atoms with Crippen LogP contribution in [0.5, 0.6) is 5.75 Å². The van der Waals surface area contributed by atoms with Gasteiger partial charge in [-0.1, -0.05) is 18.2 Å². The van der Waals surface area contributed by atoms with Gasteiger partial charge < -0.3 is 14.5 Å². The first kappa shape index (κ1) is 18.0. The van der Waals surface area contributed by atoms with Crippen molar-refractivity contribution in [3.05, 3.63) is 65.9 Å². The van der Waals surface area contributed by atoms with E-state index in [-0.39, 0.29) is 11.9 Å². The van der Waals surface area contributed by atoms with Gasteiger partial charge in [0.2, 0.25) is 0 Å². The van der Waals surface area contributed by atoms with E-state index in [0.717, 1.165) is 22.5 Å². The number of carbonyl (C=O) groups is 1. The molecule has 1 aromatic heterocycles. The van der Waals surface area contributed by atoms with Crippen molar-refractivity contribution in [2.75, 3.05) is 27.2 Å². The molecule has 0 aliphatic rings. The molecule has 5 nitrogen and oxygen atoms in total. The molecule has 2 aromatic carbocycles. The Morgan fingerprint density at radius 1 is 1.15 bits per heavy atom. The Morgan fingerprint density at radius 3 is 2.54 bits per heavy atom. The molecule has 5 heteroatoms. The Balaban J connectivity index is 1.69. The van der Waals surface area contributed by atoms with Gasteiger partial charge in [-0.15, -0.1) is 0 Å². The average molecular weight is 352 g/mol. The Bertz CT molecular complexity index is 835. The molecule has 0 saturated carbocycles. The van der Waals surface area contributed by atoms with Crippen molar-refractivity contribution in [3.63, 3.8) is 0 Å². The van der Waals surface area contributed by atoms with Crippen molar-refractivity contribution in [3.8, 4) is 5.75 Å². The average Bonchev–Trinajstić information content (AvgIpc) is 3.06. The third-order valence-corrected chi connectivity index (χ3v) is 4.28. The van der Waals surface area contributed by atoms with Crippen LogP contribution in [0.3, 0.4) is 0 Å². The molecule has 0 saturated heterocycles. The number of ether oxygens (including phenoxy) is 1. The molecule has 0 bridgehead atoms. The zero-order chi connectivity index (χ0) is 18.5. The van der Waals surface area contributed by atoms with Crippen LogP contribution in [0.1, 0.15) is 29.1 Å². The lowest BCUT2D eigenvalue weighted by molar-refractivity contribution is 0.0939. The van der Waals surface area contributed by atoms with Gasteiger partial charge in [-0.2, -0.15) is 0 Å². The largest absolute Gasteiger partial charge is 0.494 e. The number of para-hydroxylation sites is 1. The van der Waals surface area contributed by atoms with E-state index in [1.165, 1.54) is 0 Å². The van der Waals surface area contributed by atoms with Crippen LogP contribution in [0.4, 0.5) is 0 Å². The van der Waals surface area contributed by atoms with Crippen LogP contribution >= 0.6 is 0 Å². The molecule has 1 heterocycles. The van der Waals surface area contributed by atoms with E-state index in [2.05, 4.69) is 5.32 Å². The summed E-state index contributed by atoms with van der Waals surface area (Å²) >= 11 is 0. The molecular weight excluding hydrogens is 328 g/mol. The first-order valence-corrected chi connectivity index (χ1v) is 8.74. The maximum absolute atomic E-state index is 12.4. The standard InChI is InChI=1S/C21H24N2O3/c1-4-25-17-11-9-15(10-12-17)21(24)22-14-18(23(2)3)20-13-16-7-5-6-8-19(16)26-20/h5-13,18H,4,14H2,1-3H3,(H,22,24)/t18-/m1/s1. The van der Waals surface area contributed by atoms with Gasteiger partial charge in [0.15, 0.2) is 0 Å². The minimum atomic E-state index is -0.115. The highest BCUT2D eigenvalue weighted by atomic mass is 16.5. The minimum absolute atomic E-state index is 0.0472. The summed E-state index contributed by atoms with van der Waals surface area (Å²) in [5, 5.41) is 4.06. The van der Waals surface area contributed by atoms with Gasteiger partial charge in [-0.25, -0.2) is 0 Å². The van der Waals surface area contributed by atoms with Crippen molar-refractivity contribution >= 4 is 16.9 Å². The Morgan fingerprint density at radius 2 is 1.88 bits per heavy atom. The topological polar surface area (TPSA) is 54.7 Å². The number of nitrogens with zero attached hydrogens (tertiary/aromatic N) is 1. The summed E-state index contributed by atoms with van der Waals surface area (Å²) in [6.45, 7) is 2.99. The number of hydrogen-bond donors (Lipinski definition) is 1. The summed E-state index contributed by atoms with van der Waals surface area (Å²) < 4.78 is 11.4. The van der Waals surface area contributed by atoms with E-state index in [1.54, 1.807) is 24.3 Å². The fraction of sp³-hybridized carbons (Fsp3) is 0.286. The SMILES string of the molecule is CCOc1ccc(C(=O)NC[C@H](c2cc3ccccc3o2)N(C)C)cc1. The fourth-order valence-electron chi connectivity index (χ4n) is 2.86. The zero-order valence-electron chi connectivity index (χ0n) is 15.4. The number of benzene rings is 2. The molecule has 0 radical (unpaired) electrons. The molecule has 136 valence electrons. The van der Waals surface area contributed by atoms with Crippen molar-refractivity contribution in [1.29, 1.82) is 0 Å². The number of hydrogen-bond acceptors (Lipinski definition) is 4. The van der Waals surface area contributed by atoms with Crippen LogP contribution < -0.4 is 10.1 Å². The van der Waals surface area contributed by atoms with Gasteiger partial charge in [0.25, 0.3) is 5.91 Å². The molecule has 1 amide bonds. The molecular formula is C21H24N2O3. The number of furan rings is 1. The molecule has 0 aliphatic carbocycles. The monoisotopic (exact) mass is 352 g/mol. The first-order valence-electron chi connectivity index (χ1n) is 8.74.